The molecule has 0 bridgehead atoms. The van der Waals surface area contributed by atoms with Gasteiger partial charge < -0.3 is 41.1 Å². The maximum atomic E-state index is 12.8. The number of carbonyl (C=O) groups is 4. The van der Waals surface area contributed by atoms with Gasteiger partial charge in [-0.1, -0.05) is 112 Å². The van der Waals surface area contributed by atoms with Gasteiger partial charge in [-0.2, -0.15) is 5.92 Å². The molecule has 2 amide bonds. The van der Waals surface area contributed by atoms with E-state index in [0.29, 0.717) is 38.1 Å². The van der Waals surface area contributed by atoms with Crippen LogP contribution in [0.25, 0.3) is 5.73 Å². The molecule has 1 heterocycles. The summed E-state index contributed by atoms with van der Waals surface area (Å²) in [4.78, 5) is 51.6. The van der Waals surface area contributed by atoms with E-state index in [1.165, 1.54) is 4.90 Å². The van der Waals surface area contributed by atoms with E-state index < -0.39 is 32.1 Å². The van der Waals surface area contributed by atoms with Crippen LogP contribution in [-0.2, 0) is 67.6 Å². The summed E-state index contributed by atoms with van der Waals surface area (Å²) in [6.07, 6.45) is 4.70. The zero-order valence-electron chi connectivity index (χ0n) is 36.0. The summed E-state index contributed by atoms with van der Waals surface area (Å²) in [6.45, 7) is 29.5. The number of nitrogens with zero attached hydrogens (tertiary/aromatic N) is 1. The number of hydrogen-bond acceptors (Lipinski definition) is 7. The number of likely N-dealkylation sites (tertiary alicyclic amines) is 1. The number of nitrogens with one attached hydrogen (secondary N) is 2. The Kier molecular flexibility index (Phi) is 23.4. The van der Waals surface area contributed by atoms with Gasteiger partial charge in [0, 0.05) is 45.7 Å². The van der Waals surface area contributed by atoms with Crippen molar-refractivity contribution in [3.8, 4) is 0 Å². The van der Waals surface area contributed by atoms with Gasteiger partial charge in [-0.15, -0.1) is 6.42 Å². The monoisotopic (exact) mass is 848 g/mol. The van der Waals surface area contributed by atoms with Crippen molar-refractivity contribution in [2.75, 3.05) is 6.54 Å². The van der Waals surface area contributed by atoms with Crippen LogP contribution in [0.5, 0.6) is 0 Å². The van der Waals surface area contributed by atoms with Crippen LogP contribution in [0.2, 0.25) is 18.1 Å². The van der Waals surface area contributed by atoms with Crippen molar-refractivity contribution in [3.05, 3.63) is 48.0 Å². The van der Waals surface area contributed by atoms with Crippen LogP contribution in [0.1, 0.15) is 127 Å². The number of ketones is 1. The summed E-state index contributed by atoms with van der Waals surface area (Å²) in [6, 6.07) is 7.87. The zero-order chi connectivity index (χ0) is 40.7. The Balaban J connectivity index is 0.00000105. The number of Topliss-reactive ketones (excluding diaryl/α,β-unsaturated/α-hetero) is 1. The minimum Gasteiger partial charge on any atom is -0.667 e. The molecule has 54 heavy (non-hydrogen) atoms. The molecule has 0 aliphatic carbocycles. The van der Waals surface area contributed by atoms with Gasteiger partial charge in [0.1, 0.15) is 24.0 Å². The summed E-state index contributed by atoms with van der Waals surface area (Å²) in [7, 11) is -2.15. The number of rotatable bonds is 17. The van der Waals surface area contributed by atoms with E-state index in [1.54, 1.807) is 0 Å². The maximum absolute atomic E-state index is 12.8. The molecule has 0 unspecified atom stereocenters. The molecular formula is C42H73N3O7SiY-2. The van der Waals surface area contributed by atoms with E-state index >= 15 is 0 Å². The summed E-state index contributed by atoms with van der Waals surface area (Å²) in [5.74, 6) is 0.321. The van der Waals surface area contributed by atoms with Gasteiger partial charge >= 0.3 is 12.1 Å². The number of carbonyl (C=O) groups excluding carboxylic acids is 4. The number of esters is 1. The molecule has 1 radical (unpaired) electrons. The van der Waals surface area contributed by atoms with Gasteiger partial charge in [0.25, 0.3) is 0 Å². The first-order valence-corrected chi connectivity index (χ1v) is 22.5. The maximum Gasteiger partial charge on any atom is 0.407 e. The third-order valence-corrected chi connectivity index (χ3v) is 14.4. The molecule has 307 valence electrons. The first-order chi connectivity index (χ1) is 24.4. The fraction of sp³-hybridized carbons (Fsp3) is 0.738. The Morgan fingerprint density at radius 3 is 2.09 bits per heavy atom. The second-order valence-corrected chi connectivity index (χ2v) is 22.6. The fourth-order valence-corrected chi connectivity index (χ4v) is 6.98. The predicted molar refractivity (Wildman–Crippen MR) is 217 cm³/mol. The van der Waals surface area contributed by atoms with Crippen LogP contribution in [0.15, 0.2) is 30.3 Å². The van der Waals surface area contributed by atoms with Gasteiger partial charge in [-0.25, -0.2) is 9.59 Å². The number of hydrogen-bond donors (Lipinski definition) is 1. The minimum atomic E-state index is -2.15. The van der Waals surface area contributed by atoms with Crippen LogP contribution < -0.4 is 5.32 Å². The molecule has 2 rings (SSSR count). The largest absolute Gasteiger partial charge is 0.667 e. The Labute approximate surface area is 354 Å². The standard InChI is InChI=1S/C24H48NO4Si.C18H25N2O3.Y/c1-13-18(4)21(25-22(27)28-23(5,6)7)20(16-19(26)15-14-17(2)3)29-30(11,12)24(8,9)10;1-13(2)11-15(19)17(21)20-10-6-9-16(20)18(22)23-12-14-7-4-3-5-8-14;/h14,17-18,20-21H,13,15-16H2,1-12H3,(H,25,27);3-5,7-8,13,15-16,19H,6,9-12H2,1-2H3;/q2*-1;/t18-,20-,21-;15-,16-;/m00./s1. The first kappa shape index (κ1) is 52.3. The summed E-state index contributed by atoms with van der Waals surface area (Å²) in [5, 5.41) is 3.05. The normalized spacial score (nSPS) is 17.1. The van der Waals surface area contributed by atoms with Crippen molar-refractivity contribution < 1.29 is 65.8 Å². The Hall–Kier alpha value is -1.66. The second kappa shape index (κ2) is 24.2. The molecule has 1 aliphatic heterocycles. The zero-order valence-corrected chi connectivity index (χ0v) is 39.9. The third-order valence-electron chi connectivity index (χ3n) is 9.88. The van der Waals surface area contributed by atoms with Crippen molar-refractivity contribution in [2.24, 2.45) is 17.8 Å². The van der Waals surface area contributed by atoms with Crippen molar-refractivity contribution in [1.82, 2.24) is 10.2 Å². The van der Waals surface area contributed by atoms with Crippen LogP contribution in [0.3, 0.4) is 0 Å². The summed E-state index contributed by atoms with van der Waals surface area (Å²) in [5.41, 5.74) is 8.34. The second-order valence-electron chi connectivity index (χ2n) is 17.9. The molecule has 0 aromatic heterocycles. The first-order valence-electron chi connectivity index (χ1n) is 19.6. The molecular weight excluding hydrogens is 775 g/mol. The van der Waals surface area contributed by atoms with Crippen LogP contribution in [0.4, 0.5) is 4.79 Å². The molecule has 1 fully saturated rings. The van der Waals surface area contributed by atoms with E-state index in [-0.39, 0.29) is 86.0 Å². The van der Waals surface area contributed by atoms with E-state index in [9.17, 15) is 19.2 Å². The molecule has 2 N–H and O–H groups in total. The quantitative estimate of drug-likeness (QED) is 0.0937. The molecule has 12 heteroatoms. The van der Waals surface area contributed by atoms with Gasteiger partial charge in [0.15, 0.2) is 8.32 Å². The van der Waals surface area contributed by atoms with Crippen molar-refractivity contribution in [3.63, 3.8) is 0 Å². The third kappa shape index (κ3) is 19.5. The van der Waals surface area contributed by atoms with Crippen LogP contribution >= 0.6 is 0 Å². The molecule has 5 atom stereocenters. The Morgan fingerprint density at radius 2 is 1.59 bits per heavy atom. The number of ether oxygens (including phenoxy) is 2. The van der Waals surface area contributed by atoms with Gasteiger partial charge in [-0.3, -0.25) is 4.79 Å². The van der Waals surface area contributed by atoms with Crippen molar-refractivity contribution >= 4 is 32.1 Å². The van der Waals surface area contributed by atoms with E-state index in [2.05, 4.69) is 66.9 Å². The Bertz CT molecular complexity index is 1280. The number of benzene rings is 1. The van der Waals surface area contributed by atoms with Gasteiger partial charge in [0.2, 0.25) is 5.91 Å². The molecule has 1 aliphatic rings. The summed E-state index contributed by atoms with van der Waals surface area (Å²) >= 11 is 0. The van der Waals surface area contributed by atoms with Crippen LogP contribution in [0, 0.1) is 24.2 Å². The number of amides is 2. The molecule has 10 nitrogen and oxygen atoms in total. The topological polar surface area (TPSA) is 135 Å². The minimum absolute atomic E-state index is 0. The molecule has 1 saturated heterocycles. The van der Waals surface area contributed by atoms with E-state index in [4.69, 9.17) is 19.6 Å². The average molecular weight is 849 g/mol. The molecule has 0 saturated carbocycles. The summed E-state index contributed by atoms with van der Waals surface area (Å²) < 4.78 is 17.6. The molecule has 1 aromatic rings. The number of alkyl carbamates (subject to hydrolysis) is 1. The Morgan fingerprint density at radius 1 is 1.00 bits per heavy atom. The van der Waals surface area contributed by atoms with Gasteiger partial charge in [0.05, 0.1) is 12.1 Å². The van der Waals surface area contributed by atoms with Crippen molar-refractivity contribution in [1.29, 1.82) is 0 Å². The SMILES string of the molecule is CC(C)C[C@H]([NH-])C(=O)N1CCC[C@H]1C(=O)OCc1ccccc1.CC[C@H](C)[C@H](NC(=O)OC(C)(C)C)[C@H](CC(=O)C[CH-]C(C)C)O[Si](C)(C)C(C)(C)C.[Y]. The molecule has 0 spiro atoms. The van der Waals surface area contributed by atoms with Crippen LogP contribution in [-0.4, -0.2) is 73.3 Å². The van der Waals surface area contributed by atoms with E-state index in [0.717, 1.165) is 18.4 Å². The fourth-order valence-electron chi connectivity index (χ4n) is 5.64. The van der Waals surface area contributed by atoms with Crippen molar-refractivity contribution in [2.45, 2.75) is 176 Å². The van der Waals surface area contributed by atoms with E-state index in [1.807, 2.05) is 71.4 Å². The predicted octanol–water partition coefficient (Wildman–Crippen LogP) is 9.71. The van der Waals surface area contributed by atoms with Gasteiger partial charge in [-0.05, 0) is 69.1 Å². The smallest absolute Gasteiger partial charge is 0.407 e. The molecule has 1 aromatic carbocycles. The average Bonchev–Trinajstić information content (AvgIpc) is 3.53.